The minimum absolute atomic E-state index is 0.199. The van der Waals surface area contributed by atoms with Crippen LogP contribution in [0.5, 0.6) is 5.75 Å². The van der Waals surface area contributed by atoms with Crippen LogP contribution in [0.2, 0.25) is 5.02 Å². The third kappa shape index (κ3) is 4.12. The highest BCUT2D eigenvalue weighted by atomic mass is 35.5. The molecule has 3 rings (SSSR count). The van der Waals surface area contributed by atoms with Crippen LogP contribution in [0.15, 0.2) is 60.1 Å². The van der Waals surface area contributed by atoms with Gasteiger partial charge in [0.25, 0.3) is 0 Å². The summed E-state index contributed by atoms with van der Waals surface area (Å²) in [5.74, 6) is 0.413. The quantitative estimate of drug-likeness (QED) is 0.529. The van der Waals surface area contributed by atoms with E-state index >= 15 is 0 Å². The first-order chi connectivity index (χ1) is 12.6. The topological polar surface area (TPSA) is 77.5 Å². The van der Waals surface area contributed by atoms with E-state index in [1.165, 1.54) is 12.4 Å². The Hall–Kier alpha value is -3.06. The maximum absolute atomic E-state index is 14.2. The number of nitrogens with zero attached hydrogens (tertiary/aromatic N) is 3. The van der Waals surface area contributed by atoms with Gasteiger partial charge in [-0.05, 0) is 35.9 Å². The molecule has 0 amide bonds. The normalized spacial score (nSPS) is 11.4. The van der Waals surface area contributed by atoms with Crippen molar-refractivity contribution in [2.75, 3.05) is 12.4 Å². The molecule has 0 radical (unpaired) electrons. The molecular formula is C18H17ClFN5O. The summed E-state index contributed by atoms with van der Waals surface area (Å²) in [4.78, 5) is 8.13. The van der Waals surface area contributed by atoms with Crippen LogP contribution in [0.1, 0.15) is 5.56 Å². The van der Waals surface area contributed by atoms with Gasteiger partial charge in [-0.15, -0.1) is 0 Å². The van der Waals surface area contributed by atoms with E-state index in [4.69, 9.17) is 22.1 Å². The molecule has 3 N–H and O–H groups in total. The van der Waals surface area contributed by atoms with Crippen molar-refractivity contribution in [2.24, 2.45) is 10.7 Å². The summed E-state index contributed by atoms with van der Waals surface area (Å²) in [7, 11) is 1.54. The second kappa shape index (κ2) is 7.88. The number of hydrogen-bond donors (Lipinski definition) is 2. The molecule has 2 aromatic carbocycles. The van der Waals surface area contributed by atoms with Crippen LogP contribution in [0, 0.1) is 5.82 Å². The molecule has 1 aromatic heterocycles. The summed E-state index contributed by atoms with van der Waals surface area (Å²) in [6, 6.07) is 10.1. The average Bonchev–Trinajstić information content (AvgIpc) is 3.14. The van der Waals surface area contributed by atoms with E-state index < -0.39 is 0 Å². The summed E-state index contributed by atoms with van der Waals surface area (Å²) >= 11 is 6.07. The lowest BCUT2D eigenvalue weighted by atomic mass is 10.2. The fourth-order valence-corrected chi connectivity index (χ4v) is 2.63. The van der Waals surface area contributed by atoms with Crippen LogP contribution in [0.3, 0.4) is 0 Å². The molecule has 0 spiro atoms. The molecule has 0 unspecified atom stereocenters. The van der Waals surface area contributed by atoms with Crippen LogP contribution in [0.4, 0.5) is 10.1 Å². The van der Waals surface area contributed by atoms with Crippen molar-refractivity contribution in [2.45, 2.75) is 6.54 Å². The molecule has 0 aliphatic heterocycles. The first-order valence-corrected chi connectivity index (χ1v) is 8.12. The number of aliphatic imine (C=N–C) groups is 1. The van der Waals surface area contributed by atoms with Crippen LogP contribution >= 0.6 is 11.6 Å². The predicted octanol–water partition coefficient (Wildman–Crippen LogP) is 3.60. The highest BCUT2D eigenvalue weighted by Crippen LogP contribution is 2.27. The third-order valence-corrected chi connectivity index (χ3v) is 3.95. The van der Waals surface area contributed by atoms with Gasteiger partial charge in [0.2, 0.25) is 0 Å². The maximum atomic E-state index is 14.2. The van der Waals surface area contributed by atoms with E-state index in [0.29, 0.717) is 27.7 Å². The molecule has 3 aromatic rings. The van der Waals surface area contributed by atoms with E-state index in [1.54, 1.807) is 54.4 Å². The van der Waals surface area contributed by atoms with Crippen LogP contribution in [-0.4, -0.2) is 22.6 Å². The van der Waals surface area contributed by atoms with Gasteiger partial charge in [-0.3, -0.25) is 0 Å². The first-order valence-electron chi connectivity index (χ1n) is 7.74. The van der Waals surface area contributed by atoms with E-state index in [2.05, 4.69) is 15.3 Å². The van der Waals surface area contributed by atoms with Crippen molar-refractivity contribution in [1.29, 1.82) is 0 Å². The zero-order valence-electron chi connectivity index (χ0n) is 14.0. The van der Waals surface area contributed by atoms with Gasteiger partial charge in [0, 0.05) is 18.1 Å². The second-order valence-electron chi connectivity index (χ2n) is 5.43. The van der Waals surface area contributed by atoms with Gasteiger partial charge in [-0.25, -0.2) is 14.4 Å². The zero-order valence-corrected chi connectivity index (χ0v) is 14.7. The Bertz CT molecular complexity index is 927. The second-order valence-corrected chi connectivity index (χ2v) is 5.84. The summed E-state index contributed by atoms with van der Waals surface area (Å²) < 4.78 is 20.9. The molecule has 1 heterocycles. The van der Waals surface area contributed by atoms with Gasteiger partial charge in [-0.1, -0.05) is 17.7 Å². The van der Waals surface area contributed by atoms with E-state index in [-0.39, 0.29) is 18.3 Å². The SMILES string of the molecule is COc1ccc(NC(N)=NCc2ccc(-n3ccnc3)c(F)c2)cc1Cl. The molecule has 6 nitrogen and oxygen atoms in total. The molecule has 0 fully saturated rings. The lowest BCUT2D eigenvalue weighted by Crippen LogP contribution is -2.22. The van der Waals surface area contributed by atoms with Crippen LogP contribution in [0.25, 0.3) is 5.69 Å². The summed E-state index contributed by atoms with van der Waals surface area (Å²) in [5.41, 5.74) is 7.68. The number of ether oxygens (including phenoxy) is 1. The number of halogens is 2. The van der Waals surface area contributed by atoms with E-state index in [1.807, 2.05) is 0 Å². The number of guanidine groups is 1. The number of nitrogens with one attached hydrogen (secondary N) is 1. The Balaban J connectivity index is 1.67. The standard InChI is InChI=1S/C18H17ClFN5O/c1-26-17-5-3-13(9-14(17)19)24-18(21)23-10-12-2-4-16(15(20)8-12)25-7-6-22-11-25/h2-9,11H,10H2,1H3,(H3,21,23,24). The first kappa shape index (κ1) is 17.8. The average molecular weight is 374 g/mol. The molecule has 0 aliphatic rings. The van der Waals surface area contributed by atoms with Crippen molar-refractivity contribution in [3.05, 3.63) is 71.5 Å². The molecule has 0 saturated heterocycles. The number of aromatic nitrogens is 2. The minimum Gasteiger partial charge on any atom is -0.495 e. The maximum Gasteiger partial charge on any atom is 0.193 e. The molecule has 8 heteroatoms. The molecule has 0 bridgehead atoms. The largest absolute Gasteiger partial charge is 0.495 e. The van der Waals surface area contributed by atoms with Gasteiger partial charge in [0.15, 0.2) is 5.96 Å². The number of rotatable bonds is 5. The summed E-state index contributed by atoms with van der Waals surface area (Å²) in [6.45, 7) is 0.240. The van der Waals surface area contributed by atoms with Crippen molar-refractivity contribution in [1.82, 2.24) is 9.55 Å². The number of methoxy groups -OCH3 is 1. The number of nitrogens with two attached hydrogens (primary N) is 1. The monoisotopic (exact) mass is 373 g/mol. The fraction of sp³-hybridized carbons (Fsp3) is 0.111. The van der Waals surface area contributed by atoms with Crippen molar-refractivity contribution in [3.63, 3.8) is 0 Å². The van der Waals surface area contributed by atoms with Gasteiger partial charge < -0.3 is 20.4 Å². The molecule has 134 valence electrons. The highest BCUT2D eigenvalue weighted by molar-refractivity contribution is 6.32. The zero-order chi connectivity index (χ0) is 18.5. The Morgan fingerprint density at radius 1 is 1.35 bits per heavy atom. The molecule has 0 saturated carbocycles. The fourth-order valence-electron chi connectivity index (χ4n) is 2.37. The number of benzene rings is 2. The number of anilines is 1. The van der Waals surface area contributed by atoms with Gasteiger partial charge >= 0.3 is 0 Å². The smallest absolute Gasteiger partial charge is 0.193 e. The number of imidazole rings is 1. The van der Waals surface area contributed by atoms with Crippen molar-refractivity contribution < 1.29 is 9.13 Å². The van der Waals surface area contributed by atoms with Crippen LogP contribution < -0.4 is 15.8 Å². The Morgan fingerprint density at radius 2 is 2.19 bits per heavy atom. The number of hydrogen-bond acceptors (Lipinski definition) is 3. The third-order valence-electron chi connectivity index (χ3n) is 3.65. The summed E-state index contributed by atoms with van der Waals surface area (Å²) in [5, 5.41) is 3.39. The predicted molar refractivity (Wildman–Crippen MR) is 100 cm³/mol. The Kier molecular flexibility index (Phi) is 5.38. The van der Waals surface area contributed by atoms with Crippen molar-refractivity contribution in [3.8, 4) is 11.4 Å². The lowest BCUT2D eigenvalue weighted by molar-refractivity contribution is 0.415. The molecule has 26 heavy (non-hydrogen) atoms. The van der Waals surface area contributed by atoms with Gasteiger partial charge in [0.1, 0.15) is 11.6 Å². The molecule has 0 aliphatic carbocycles. The van der Waals surface area contributed by atoms with Crippen LogP contribution in [-0.2, 0) is 6.54 Å². The summed E-state index contributed by atoms with van der Waals surface area (Å²) in [6.07, 6.45) is 4.81. The van der Waals surface area contributed by atoms with Gasteiger partial charge in [-0.2, -0.15) is 0 Å². The van der Waals surface area contributed by atoms with E-state index in [0.717, 1.165) is 0 Å². The molecular weight excluding hydrogens is 357 g/mol. The lowest BCUT2D eigenvalue weighted by Gasteiger charge is -2.09. The molecule has 0 atom stereocenters. The Morgan fingerprint density at radius 3 is 2.85 bits per heavy atom. The van der Waals surface area contributed by atoms with E-state index in [9.17, 15) is 4.39 Å². The minimum atomic E-state index is -0.357. The highest BCUT2D eigenvalue weighted by Gasteiger charge is 2.06. The van der Waals surface area contributed by atoms with Gasteiger partial charge in [0.05, 0.1) is 30.7 Å². The van der Waals surface area contributed by atoms with Crippen molar-refractivity contribution >= 4 is 23.2 Å². The Labute approximate surface area is 155 Å².